The molecule has 4 spiro atoms. The summed E-state index contributed by atoms with van der Waals surface area (Å²) >= 11 is 7.87. The molecule has 13 nitrogen and oxygen atoms in total. The fourth-order valence-corrected chi connectivity index (χ4v) is 16.5. The number of aryl methyl sites for hydroxylation is 1. The Balaban J connectivity index is 0.000000140. The van der Waals surface area contributed by atoms with Crippen LogP contribution in [0.3, 0.4) is 0 Å². The van der Waals surface area contributed by atoms with Crippen molar-refractivity contribution in [1.29, 1.82) is 0 Å². The van der Waals surface area contributed by atoms with Crippen LogP contribution in [0.15, 0.2) is 42.7 Å². The van der Waals surface area contributed by atoms with Crippen LogP contribution in [0, 0.1) is 28.6 Å². The van der Waals surface area contributed by atoms with Crippen molar-refractivity contribution in [2.75, 3.05) is 59.5 Å². The van der Waals surface area contributed by atoms with Gasteiger partial charge in [0.2, 0.25) is 5.88 Å². The van der Waals surface area contributed by atoms with Crippen LogP contribution in [-0.4, -0.2) is 121 Å². The van der Waals surface area contributed by atoms with Gasteiger partial charge in [-0.05, 0) is 275 Å². The molecule has 4 aliphatic heterocycles. The number of ether oxygens (including phenoxy) is 1. The molecule has 4 fully saturated rings. The zero-order valence-electron chi connectivity index (χ0n) is 51.1. The smallest absolute Gasteiger partial charge is 0.213 e. The Morgan fingerprint density at radius 1 is 0.537 bits per heavy atom. The van der Waals surface area contributed by atoms with Gasteiger partial charge in [-0.25, -0.2) is 15.0 Å². The summed E-state index contributed by atoms with van der Waals surface area (Å²) in [5.74, 6) is 0.699. The number of thiazole rings is 1. The van der Waals surface area contributed by atoms with Gasteiger partial charge in [-0.15, -0.1) is 11.3 Å². The summed E-state index contributed by atoms with van der Waals surface area (Å²) in [5, 5.41) is 1.75. The highest BCUT2D eigenvalue weighted by atomic mass is 35.5. The van der Waals surface area contributed by atoms with Crippen molar-refractivity contribution in [2.45, 2.75) is 221 Å². The van der Waals surface area contributed by atoms with E-state index in [0.29, 0.717) is 16.4 Å². The van der Waals surface area contributed by atoms with Crippen molar-refractivity contribution < 1.29 is 4.74 Å². The number of nitrogens with two attached hydrogens (primary N) is 4. The molecule has 4 aromatic rings. The molecule has 8 N–H and O–H groups in total. The predicted octanol–water partition coefficient (Wildman–Crippen LogP) is 11.7. The standard InChI is InChI=1S/C17H27N3O.C16H24ClN3.C16H25N3.C15H25N3S.CH4/c1-16(2,3)20-7-5-17(6-8-20)10-12-9-14(21-4)19-11-13(12)15(17)18;1-15(2,3)20-8-6-16(7-9-20)10-12-11(14(16)18)4-5-13(17)19-12;1-15(2,3)19-9-6-16(7-10-19)11-13-12(14(16)17)5-4-8-18-13;1-10-17-12-11(19-10)9-15(13(12)16)5-7-18(8-6-15)14(2,3)4;/h9,11,15H,5-8,10,18H2,1-4H3;4-5,14H,6-10,18H2,1-3H3;4-5,8,14H,6-7,9-11,17H2,1-3H3;13H,5-9,16H2,1-4H3;1H4/t15-;2*14-;13-;/m1111./s1. The normalized spacial score (nSPS) is 25.8. The van der Waals surface area contributed by atoms with Gasteiger partial charge in [0.25, 0.3) is 0 Å². The van der Waals surface area contributed by atoms with E-state index in [0.717, 1.165) is 83.5 Å². The van der Waals surface area contributed by atoms with Crippen LogP contribution in [0.25, 0.3) is 0 Å². The fourth-order valence-electron chi connectivity index (χ4n) is 15.2. The van der Waals surface area contributed by atoms with Crippen LogP contribution in [0.4, 0.5) is 0 Å². The minimum Gasteiger partial charge on any atom is -0.481 e. The highest BCUT2D eigenvalue weighted by molar-refractivity contribution is 7.11. The van der Waals surface area contributed by atoms with E-state index in [2.05, 4.69) is 148 Å². The molecule has 4 aliphatic carbocycles. The number of hydrogen-bond donors (Lipinski definition) is 4. The number of likely N-dealkylation sites (tertiary alicyclic amines) is 4. The fraction of sp³-hybridized carbons (Fsp3) is 0.723. The number of piperidine rings is 4. The first-order valence-corrected chi connectivity index (χ1v) is 31.2. The summed E-state index contributed by atoms with van der Waals surface area (Å²) in [5.41, 5.74) is 36.9. The lowest BCUT2D eigenvalue weighted by molar-refractivity contribution is 0.0341. The zero-order valence-corrected chi connectivity index (χ0v) is 52.6. The lowest BCUT2D eigenvalue weighted by Gasteiger charge is -2.47. The van der Waals surface area contributed by atoms with E-state index >= 15 is 0 Å². The Morgan fingerprint density at radius 3 is 1.38 bits per heavy atom. The van der Waals surface area contributed by atoms with Gasteiger partial charge in [0, 0.05) is 75.0 Å². The van der Waals surface area contributed by atoms with Crippen molar-refractivity contribution in [2.24, 2.45) is 44.6 Å². The Hall–Kier alpha value is -3.15. The van der Waals surface area contributed by atoms with Gasteiger partial charge in [0.05, 0.1) is 23.9 Å². The van der Waals surface area contributed by atoms with E-state index < -0.39 is 0 Å². The first kappa shape index (κ1) is 62.9. The van der Waals surface area contributed by atoms with Crippen LogP contribution in [0.2, 0.25) is 5.15 Å². The van der Waals surface area contributed by atoms with E-state index in [1.165, 1.54) is 95.1 Å². The predicted molar refractivity (Wildman–Crippen MR) is 332 cm³/mol. The number of pyridine rings is 3. The summed E-state index contributed by atoms with van der Waals surface area (Å²) < 4.78 is 5.25. The quantitative estimate of drug-likeness (QED) is 0.133. The van der Waals surface area contributed by atoms with Crippen molar-refractivity contribution in [3.8, 4) is 5.88 Å². The maximum Gasteiger partial charge on any atom is 0.213 e. The van der Waals surface area contributed by atoms with E-state index in [1.54, 1.807) is 7.11 Å². The van der Waals surface area contributed by atoms with E-state index in [1.807, 2.05) is 35.9 Å². The molecular formula is C65H105ClN12OS. The van der Waals surface area contributed by atoms with Crippen LogP contribution < -0.4 is 27.7 Å². The molecule has 4 aromatic heterocycles. The van der Waals surface area contributed by atoms with Crippen molar-refractivity contribution in [1.82, 2.24) is 39.5 Å². The third-order valence-corrected chi connectivity index (χ3v) is 22.0. The van der Waals surface area contributed by atoms with E-state index in [9.17, 15) is 0 Å². The van der Waals surface area contributed by atoms with Crippen molar-refractivity contribution in [3.05, 3.63) is 97.1 Å². The number of hydrogen-bond acceptors (Lipinski definition) is 14. The summed E-state index contributed by atoms with van der Waals surface area (Å²) in [4.78, 5) is 29.8. The molecule has 0 amide bonds. The number of methoxy groups -OCH3 is 1. The monoisotopic (exact) mass is 1140 g/mol. The van der Waals surface area contributed by atoms with Crippen molar-refractivity contribution in [3.63, 3.8) is 0 Å². The Bertz CT molecular complexity index is 2740. The van der Waals surface area contributed by atoms with Crippen LogP contribution in [0.5, 0.6) is 5.88 Å². The molecular weight excluding hydrogens is 1030 g/mol. The molecule has 4 saturated heterocycles. The molecule has 0 unspecified atom stereocenters. The summed E-state index contributed by atoms with van der Waals surface area (Å²) in [7, 11) is 1.67. The largest absolute Gasteiger partial charge is 0.481 e. The zero-order chi connectivity index (χ0) is 57.3. The number of rotatable bonds is 1. The summed E-state index contributed by atoms with van der Waals surface area (Å²) in [6.07, 6.45) is 17.6. The van der Waals surface area contributed by atoms with Crippen LogP contribution >= 0.6 is 22.9 Å². The molecule has 12 rings (SSSR count). The molecule has 80 heavy (non-hydrogen) atoms. The molecule has 0 aromatic carbocycles. The lowest BCUT2D eigenvalue weighted by atomic mass is 9.72. The average Bonchev–Trinajstić information content (AvgIpc) is 4.11. The third kappa shape index (κ3) is 12.6. The second-order valence-corrected chi connectivity index (χ2v) is 31.0. The number of fused-ring (bicyclic) bond motifs is 4. The molecule has 0 radical (unpaired) electrons. The van der Waals surface area contributed by atoms with Gasteiger partial charge in [0.1, 0.15) is 5.15 Å². The van der Waals surface area contributed by atoms with Crippen LogP contribution in [-0.2, 0) is 25.7 Å². The second kappa shape index (κ2) is 23.4. The van der Waals surface area contributed by atoms with Gasteiger partial charge in [0.15, 0.2) is 0 Å². The number of aromatic nitrogens is 4. The maximum absolute atomic E-state index is 6.60. The number of halogens is 1. The summed E-state index contributed by atoms with van der Waals surface area (Å²) in [6.45, 7) is 38.8. The molecule has 0 saturated carbocycles. The maximum atomic E-state index is 6.60. The molecule has 8 aliphatic rings. The second-order valence-electron chi connectivity index (χ2n) is 29.4. The average molecular weight is 1140 g/mol. The molecule has 15 heteroatoms. The SMILES string of the molecule is C.CC(C)(C)N1CCC2(CC1)Cc1nc(Cl)ccc1[C@H]2N.CC(C)(C)N1CCC2(CC1)Cc1ncccc1[C@H]2N.COc1cc2c(cn1)[C@@H](N)C1(CCN(C(C)(C)C)CC1)C2.Cc1nc2c(s1)CC1(CCN(C(C)(C)C)CC1)[C@@H]2N. The van der Waals surface area contributed by atoms with E-state index in [4.69, 9.17) is 39.3 Å². The van der Waals surface area contributed by atoms with E-state index in [-0.39, 0.29) is 70.0 Å². The lowest BCUT2D eigenvalue weighted by Crippen LogP contribution is -2.51. The van der Waals surface area contributed by atoms with Gasteiger partial charge in [-0.3, -0.25) is 24.6 Å². The molecule has 0 bridgehead atoms. The van der Waals surface area contributed by atoms with Crippen molar-refractivity contribution >= 4 is 22.9 Å². The third-order valence-electron chi connectivity index (χ3n) is 20.8. The highest BCUT2D eigenvalue weighted by Gasteiger charge is 2.52. The first-order chi connectivity index (χ1) is 36.9. The number of nitrogens with zero attached hydrogens (tertiary/aromatic N) is 8. The van der Waals surface area contributed by atoms with Gasteiger partial charge >= 0.3 is 0 Å². The highest BCUT2D eigenvalue weighted by Crippen LogP contribution is 2.55. The molecule has 8 heterocycles. The minimum atomic E-state index is 0. The summed E-state index contributed by atoms with van der Waals surface area (Å²) in [6, 6.07) is 10.8. The Kier molecular flexibility index (Phi) is 18.4. The topological polar surface area (TPSA) is 178 Å². The molecule has 444 valence electrons. The first-order valence-electron chi connectivity index (χ1n) is 30.0. The van der Waals surface area contributed by atoms with Crippen LogP contribution in [0.1, 0.15) is 215 Å². The Labute approximate surface area is 492 Å². The van der Waals surface area contributed by atoms with Gasteiger partial charge in [-0.1, -0.05) is 31.2 Å². The Morgan fingerprint density at radius 2 is 0.950 bits per heavy atom. The van der Waals surface area contributed by atoms with Gasteiger partial charge < -0.3 is 27.7 Å². The molecule has 4 atom stereocenters. The minimum absolute atomic E-state index is 0. The van der Waals surface area contributed by atoms with Gasteiger partial charge in [-0.2, -0.15) is 0 Å².